The lowest BCUT2D eigenvalue weighted by Crippen LogP contribution is -2.39. The summed E-state index contributed by atoms with van der Waals surface area (Å²) in [5, 5.41) is 0.487. The molecule has 0 aromatic heterocycles. The van der Waals surface area contributed by atoms with E-state index in [1.807, 2.05) is 27.7 Å². The summed E-state index contributed by atoms with van der Waals surface area (Å²) >= 11 is 12.2. The SMILES string of the molecule is CC(C)CN(C(C)C)S(=O)(=O)c1ccc(Cl)c(CN)c1Cl. The van der Waals surface area contributed by atoms with Gasteiger partial charge in [-0.05, 0) is 31.9 Å². The Hall–Kier alpha value is -0.330. The minimum atomic E-state index is -3.69. The molecule has 4 nitrogen and oxygen atoms in total. The molecule has 120 valence electrons. The molecule has 0 aliphatic heterocycles. The van der Waals surface area contributed by atoms with E-state index in [1.54, 1.807) is 0 Å². The highest BCUT2D eigenvalue weighted by Crippen LogP contribution is 2.33. The molecule has 0 aliphatic carbocycles. The van der Waals surface area contributed by atoms with Gasteiger partial charge in [0.05, 0.1) is 5.02 Å². The van der Waals surface area contributed by atoms with E-state index in [1.165, 1.54) is 16.4 Å². The van der Waals surface area contributed by atoms with Crippen LogP contribution in [-0.4, -0.2) is 25.3 Å². The van der Waals surface area contributed by atoms with Crippen molar-refractivity contribution in [2.45, 2.75) is 45.2 Å². The van der Waals surface area contributed by atoms with Crippen molar-refractivity contribution in [3.63, 3.8) is 0 Å². The van der Waals surface area contributed by atoms with E-state index < -0.39 is 10.0 Å². The van der Waals surface area contributed by atoms with Crippen molar-refractivity contribution in [2.75, 3.05) is 6.54 Å². The van der Waals surface area contributed by atoms with Gasteiger partial charge in [-0.2, -0.15) is 4.31 Å². The van der Waals surface area contributed by atoms with Crippen molar-refractivity contribution in [2.24, 2.45) is 11.7 Å². The number of nitrogens with two attached hydrogens (primary N) is 1. The Morgan fingerprint density at radius 2 is 1.76 bits per heavy atom. The van der Waals surface area contributed by atoms with Crippen molar-refractivity contribution >= 4 is 33.2 Å². The lowest BCUT2D eigenvalue weighted by molar-refractivity contribution is 0.319. The highest BCUT2D eigenvalue weighted by atomic mass is 35.5. The molecule has 0 bridgehead atoms. The van der Waals surface area contributed by atoms with Crippen LogP contribution < -0.4 is 5.73 Å². The smallest absolute Gasteiger partial charge is 0.244 e. The molecule has 0 aliphatic rings. The van der Waals surface area contributed by atoms with Crippen LogP contribution in [0.3, 0.4) is 0 Å². The van der Waals surface area contributed by atoms with Gasteiger partial charge in [0, 0.05) is 29.7 Å². The average Bonchev–Trinajstić information content (AvgIpc) is 2.35. The van der Waals surface area contributed by atoms with Crippen molar-refractivity contribution in [3.8, 4) is 0 Å². The van der Waals surface area contributed by atoms with Crippen LogP contribution in [0.5, 0.6) is 0 Å². The zero-order valence-corrected chi connectivity index (χ0v) is 15.1. The first kappa shape index (κ1) is 18.7. The fourth-order valence-corrected chi connectivity index (χ4v) is 4.74. The molecule has 1 aromatic carbocycles. The first-order valence-electron chi connectivity index (χ1n) is 6.81. The van der Waals surface area contributed by atoms with Crippen molar-refractivity contribution in [3.05, 3.63) is 27.7 Å². The van der Waals surface area contributed by atoms with Gasteiger partial charge in [0.15, 0.2) is 0 Å². The summed E-state index contributed by atoms with van der Waals surface area (Å²) in [7, 11) is -3.69. The molecule has 0 atom stereocenters. The fraction of sp³-hybridized carbons (Fsp3) is 0.571. The molecule has 0 saturated carbocycles. The van der Waals surface area contributed by atoms with Crippen LogP contribution in [0.4, 0.5) is 0 Å². The number of hydrogen-bond donors (Lipinski definition) is 1. The summed E-state index contributed by atoms with van der Waals surface area (Å²) in [6, 6.07) is 2.80. The second-order valence-electron chi connectivity index (χ2n) is 5.60. The van der Waals surface area contributed by atoms with Gasteiger partial charge in [-0.15, -0.1) is 0 Å². The van der Waals surface area contributed by atoms with Crippen molar-refractivity contribution in [1.29, 1.82) is 0 Å². The summed E-state index contributed by atoms with van der Waals surface area (Å²) in [5.74, 6) is 0.210. The molecular formula is C14H22Cl2N2O2S. The number of hydrogen-bond acceptors (Lipinski definition) is 3. The van der Waals surface area contributed by atoms with E-state index in [4.69, 9.17) is 28.9 Å². The predicted octanol–water partition coefficient (Wildman–Crippen LogP) is 3.51. The monoisotopic (exact) mass is 352 g/mol. The number of sulfonamides is 1. The summed E-state index contributed by atoms with van der Waals surface area (Å²) in [6.07, 6.45) is 0. The Bertz CT molecular complexity index is 601. The number of halogens is 2. The zero-order chi connectivity index (χ0) is 16.4. The lowest BCUT2D eigenvalue weighted by Gasteiger charge is -2.28. The van der Waals surface area contributed by atoms with Crippen LogP contribution in [0, 0.1) is 5.92 Å². The van der Waals surface area contributed by atoms with Crippen LogP contribution in [0.25, 0.3) is 0 Å². The molecule has 0 amide bonds. The van der Waals surface area contributed by atoms with E-state index in [9.17, 15) is 8.42 Å². The summed E-state index contributed by atoms with van der Waals surface area (Å²) in [4.78, 5) is 0.0587. The lowest BCUT2D eigenvalue weighted by atomic mass is 10.2. The minimum Gasteiger partial charge on any atom is -0.326 e. The van der Waals surface area contributed by atoms with Gasteiger partial charge in [0.25, 0.3) is 0 Å². The summed E-state index contributed by atoms with van der Waals surface area (Å²) < 4.78 is 27.2. The first-order valence-corrected chi connectivity index (χ1v) is 9.01. The Kier molecular flexibility index (Phi) is 6.50. The van der Waals surface area contributed by atoms with E-state index in [0.717, 1.165) is 0 Å². The Balaban J connectivity index is 3.42. The predicted molar refractivity (Wildman–Crippen MR) is 88.2 cm³/mol. The topological polar surface area (TPSA) is 63.4 Å². The number of rotatable bonds is 6. The highest BCUT2D eigenvalue weighted by molar-refractivity contribution is 7.89. The third kappa shape index (κ3) is 4.11. The van der Waals surface area contributed by atoms with Crippen LogP contribution in [-0.2, 0) is 16.6 Å². The maximum atomic E-state index is 12.9. The zero-order valence-electron chi connectivity index (χ0n) is 12.7. The molecule has 0 saturated heterocycles. The normalized spacial score (nSPS) is 12.7. The van der Waals surface area contributed by atoms with Gasteiger partial charge in [-0.25, -0.2) is 8.42 Å². The quantitative estimate of drug-likeness (QED) is 0.851. The minimum absolute atomic E-state index is 0.0587. The third-order valence-electron chi connectivity index (χ3n) is 3.06. The van der Waals surface area contributed by atoms with E-state index in [-0.39, 0.29) is 28.4 Å². The van der Waals surface area contributed by atoms with Gasteiger partial charge in [-0.1, -0.05) is 37.0 Å². The molecule has 1 aromatic rings. The second-order valence-corrected chi connectivity index (χ2v) is 8.25. The molecule has 0 fully saturated rings. The molecular weight excluding hydrogens is 331 g/mol. The standard InChI is InChI=1S/C14H22Cl2N2O2S/c1-9(2)8-18(10(3)4)21(19,20)13-6-5-12(15)11(7-17)14(13)16/h5-6,9-10H,7-8,17H2,1-4H3. The van der Waals surface area contributed by atoms with Gasteiger partial charge < -0.3 is 5.73 Å². The average molecular weight is 353 g/mol. The largest absolute Gasteiger partial charge is 0.326 e. The van der Waals surface area contributed by atoms with E-state index in [2.05, 4.69) is 0 Å². The van der Waals surface area contributed by atoms with Crippen molar-refractivity contribution < 1.29 is 8.42 Å². The van der Waals surface area contributed by atoms with Crippen LogP contribution in [0.1, 0.15) is 33.3 Å². The molecule has 2 N–H and O–H groups in total. The number of nitrogens with zero attached hydrogens (tertiary/aromatic N) is 1. The molecule has 1 rings (SSSR count). The highest BCUT2D eigenvalue weighted by Gasteiger charge is 2.30. The van der Waals surface area contributed by atoms with E-state index >= 15 is 0 Å². The van der Waals surface area contributed by atoms with Gasteiger partial charge >= 0.3 is 0 Å². The molecule has 0 radical (unpaired) electrons. The molecule has 0 heterocycles. The Labute approximate surface area is 137 Å². The van der Waals surface area contributed by atoms with Gasteiger partial charge in [0.2, 0.25) is 10.0 Å². The number of benzene rings is 1. The Morgan fingerprint density at radius 1 is 1.19 bits per heavy atom. The van der Waals surface area contributed by atoms with E-state index in [0.29, 0.717) is 17.1 Å². The Morgan fingerprint density at radius 3 is 2.19 bits per heavy atom. The summed E-state index contributed by atoms with van der Waals surface area (Å²) in [6.45, 7) is 8.14. The van der Waals surface area contributed by atoms with Crippen LogP contribution >= 0.6 is 23.2 Å². The first-order chi connectivity index (χ1) is 9.62. The van der Waals surface area contributed by atoms with Crippen LogP contribution in [0.2, 0.25) is 10.0 Å². The van der Waals surface area contributed by atoms with Crippen LogP contribution in [0.15, 0.2) is 17.0 Å². The second kappa shape index (κ2) is 7.29. The maximum Gasteiger partial charge on any atom is 0.244 e. The molecule has 0 spiro atoms. The molecule has 7 heteroatoms. The van der Waals surface area contributed by atoms with Gasteiger partial charge in [-0.3, -0.25) is 0 Å². The van der Waals surface area contributed by atoms with Crippen molar-refractivity contribution in [1.82, 2.24) is 4.31 Å². The molecule has 0 unspecified atom stereocenters. The molecule has 21 heavy (non-hydrogen) atoms. The maximum absolute atomic E-state index is 12.9. The third-order valence-corrected chi connectivity index (χ3v) is 6.04. The summed E-state index contributed by atoms with van der Waals surface area (Å²) in [5.41, 5.74) is 6.05. The van der Waals surface area contributed by atoms with Gasteiger partial charge in [0.1, 0.15) is 4.90 Å². The fourth-order valence-electron chi connectivity index (χ4n) is 2.04.